The molecule has 9 heteroatoms. The van der Waals surface area contributed by atoms with Gasteiger partial charge in [0.2, 0.25) is 11.7 Å². The second-order valence-corrected chi connectivity index (χ2v) is 8.07. The Balaban J connectivity index is 1.66. The minimum Gasteiger partial charge on any atom is -0.493 e. The molecule has 180 valence electrons. The molecule has 0 unspecified atom stereocenters. The second-order valence-electron chi connectivity index (χ2n) is 8.07. The number of hydrogen-bond acceptors (Lipinski definition) is 7. The predicted octanol–water partition coefficient (Wildman–Crippen LogP) is 3.90. The third kappa shape index (κ3) is 3.55. The Morgan fingerprint density at radius 1 is 0.800 bits per heavy atom. The predicted molar refractivity (Wildman–Crippen MR) is 125 cm³/mol. The molecule has 5 rings (SSSR count). The van der Waals surface area contributed by atoms with Crippen LogP contribution in [0.15, 0.2) is 66.7 Å². The van der Waals surface area contributed by atoms with Crippen molar-refractivity contribution in [3.63, 3.8) is 0 Å². The number of nitrogens with zero attached hydrogens (tertiary/aromatic N) is 2. The molecule has 3 aromatic carbocycles. The molecule has 0 N–H and O–H groups in total. The fourth-order valence-corrected chi connectivity index (χ4v) is 4.76. The maximum atomic E-state index is 13.9. The molecule has 2 heterocycles. The van der Waals surface area contributed by atoms with Crippen molar-refractivity contribution in [2.24, 2.45) is 5.92 Å². The first-order valence-corrected chi connectivity index (χ1v) is 10.9. The van der Waals surface area contributed by atoms with Crippen LogP contribution in [0.25, 0.3) is 0 Å². The summed E-state index contributed by atoms with van der Waals surface area (Å²) in [6.07, 6.45) is -1.10. The van der Waals surface area contributed by atoms with Gasteiger partial charge in [-0.2, -0.15) is 0 Å². The number of imide groups is 1. The van der Waals surface area contributed by atoms with Crippen molar-refractivity contribution in [1.29, 1.82) is 0 Å². The Morgan fingerprint density at radius 3 is 2.17 bits per heavy atom. The fourth-order valence-electron chi connectivity index (χ4n) is 4.76. The zero-order chi connectivity index (χ0) is 24.7. The molecule has 2 amide bonds. The molecule has 2 saturated heterocycles. The SMILES string of the molecule is COc1ccc([C@H]2[C@H]3C(=O)N(c4cccc(F)c4)C(=O)[C@@H]3ON2c2ccccc2)c(OC)c1OC. The molecule has 3 atom stereocenters. The summed E-state index contributed by atoms with van der Waals surface area (Å²) in [5.74, 6) is -1.37. The number of hydroxylamine groups is 1. The summed E-state index contributed by atoms with van der Waals surface area (Å²) in [4.78, 5) is 34.2. The van der Waals surface area contributed by atoms with Gasteiger partial charge in [0, 0.05) is 5.56 Å². The zero-order valence-corrected chi connectivity index (χ0v) is 19.3. The van der Waals surface area contributed by atoms with Gasteiger partial charge in [0.25, 0.3) is 5.91 Å². The lowest BCUT2D eigenvalue weighted by molar-refractivity contribution is -0.126. The number of anilines is 2. The number of rotatable bonds is 6. The van der Waals surface area contributed by atoms with Gasteiger partial charge in [-0.1, -0.05) is 24.3 Å². The third-order valence-corrected chi connectivity index (χ3v) is 6.25. The van der Waals surface area contributed by atoms with Crippen LogP contribution in [-0.2, 0) is 14.4 Å². The maximum Gasteiger partial charge on any atom is 0.266 e. The average Bonchev–Trinajstić information content (AvgIpc) is 3.39. The second kappa shape index (κ2) is 8.92. The van der Waals surface area contributed by atoms with Gasteiger partial charge < -0.3 is 14.2 Å². The summed E-state index contributed by atoms with van der Waals surface area (Å²) in [7, 11) is 4.49. The molecular formula is C26H23FN2O6. The lowest BCUT2D eigenvalue weighted by atomic mass is 9.89. The van der Waals surface area contributed by atoms with E-state index in [0.29, 0.717) is 28.5 Å². The van der Waals surface area contributed by atoms with E-state index in [0.717, 1.165) is 11.0 Å². The molecule has 0 radical (unpaired) electrons. The van der Waals surface area contributed by atoms with Crippen molar-refractivity contribution in [2.75, 3.05) is 31.3 Å². The highest BCUT2D eigenvalue weighted by Gasteiger charge is 2.61. The zero-order valence-electron chi connectivity index (χ0n) is 19.3. The Morgan fingerprint density at radius 2 is 1.51 bits per heavy atom. The monoisotopic (exact) mass is 478 g/mol. The molecule has 0 saturated carbocycles. The van der Waals surface area contributed by atoms with Crippen molar-refractivity contribution in [2.45, 2.75) is 12.1 Å². The number of halogens is 1. The van der Waals surface area contributed by atoms with Crippen LogP contribution < -0.4 is 24.2 Å². The summed E-state index contributed by atoms with van der Waals surface area (Å²) in [6, 6.07) is 17.2. The van der Waals surface area contributed by atoms with Crippen LogP contribution in [0.4, 0.5) is 15.8 Å². The molecule has 2 aliphatic heterocycles. The number of fused-ring (bicyclic) bond motifs is 1. The summed E-state index contributed by atoms with van der Waals surface area (Å²) in [6.45, 7) is 0. The highest BCUT2D eigenvalue weighted by molar-refractivity contribution is 6.24. The molecule has 3 aromatic rings. The highest BCUT2D eigenvalue weighted by atomic mass is 19.1. The van der Waals surface area contributed by atoms with Gasteiger partial charge in [-0.25, -0.2) is 14.4 Å². The van der Waals surface area contributed by atoms with Gasteiger partial charge in [-0.3, -0.25) is 14.4 Å². The number of ether oxygens (including phenoxy) is 3. The summed E-state index contributed by atoms with van der Waals surface area (Å²) < 4.78 is 30.6. The van der Waals surface area contributed by atoms with E-state index in [9.17, 15) is 14.0 Å². The van der Waals surface area contributed by atoms with Crippen LogP contribution in [0.1, 0.15) is 11.6 Å². The normalized spacial score (nSPS) is 21.3. The van der Waals surface area contributed by atoms with E-state index in [1.165, 1.54) is 39.5 Å². The van der Waals surface area contributed by atoms with Gasteiger partial charge in [-0.15, -0.1) is 0 Å². The number of carbonyl (C=O) groups excluding carboxylic acids is 2. The van der Waals surface area contributed by atoms with Crippen LogP contribution in [0.5, 0.6) is 17.2 Å². The number of para-hydroxylation sites is 1. The van der Waals surface area contributed by atoms with Gasteiger partial charge in [0.05, 0.1) is 32.7 Å². The van der Waals surface area contributed by atoms with Gasteiger partial charge in [-0.05, 0) is 42.5 Å². The van der Waals surface area contributed by atoms with Gasteiger partial charge in [0.15, 0.2) is 17.6 Å². The van der Waals surface area contributed by atoms with Gasteiger partial charge in [0.1, 0.15) is 17.8 Å². The van der Waals surface area contributed by atoms with Crippen molar-refractivity contribution in [3.05, 3.63) is 78.1 Å². The topological polar surface area (TPSA) is 77.5 Å². The summed E-state index contributed by atoms with van der Waals surface area (Å²) in [5, 5.41) is 1.55. The number of carbonyl (C=O) groups is 2. The molecular weight excluding hydrogens is 455 g/mol. The van der Waals surface area contributed by atoms with E-state index in [4.69, 9.17) is 19.0 Å². The van der Waals surface area contributed by atoms with Crippen LogP contribution in [-0.4, -0.2) is 39.2 Å². The quantitative estimate of drug-likeness (QED) is 0.498. The van der Waals surface area contributed by atoms with Crippen LogP contribution in [0.2, 0.25) is 0 Å². The molecule has 35 heavy (non-hydrogen) atoms. The fraction of sp³-hybridized carbons (Fsp3) is 0.231. The number of amides is 2. The van der Waals surface area contributed by atoms with Crippen LogP contribution in [0.3, 0.4) is 0 Å². The summed E-state index contributed by atoms with van der Waals surface area (Å²) >= 11 is 0. The Bertz CT molecular complexity index is 1280. The van der Waals surface area contributed by atoms with Gasteiger partial charge >= 0.3 is 0 Å². The first-order valence-electron chi connectivity index (χ1n) is 10.9. The van der Waals surface area contributed by atoms with E-state index in [-0.39, 0.29) is 5.69 Å². The highest BCUT2D eigenvalue weighted by Crippen LogP contribution is 2.52. The Labute approximate surface area is 201 Å². The van der Waals surface area contributed by atoms with Crippen molar-refractivity contribution >= 4 is 23.2 Å². The van der Waals surface area contributed by atoms with Crippen molar-refractivity contribution in [3.8, 4) is 17.2 Å². The molecule has 2 aliphatic rings. The first kappa shape index (κ1) is 22.7. The molecule has 0 spiro atoms. The van der Waals surface area contributed by atoms with E-state index >= 15 is 0 Å². The molecule has 0 aliphatic carbocycles. The molecule has 8 nitrogen and oxygen atoms in total. The van der Waals surface area contributed by atoms with Crippen LogP contribution >= 0.6 is 0 Å². The number of hydrogen-bond donors (Lipinski definition) is 0. The van der Waals surface area contributed by atoms with Crippen molar-refractivity contribution in [1.82, 2.24) is 0 Å². The van der Waals surface area contributed by atoms with E-state index < -0.39 is 35.7 Å². The van der Waals surface area contributed by atoms with Crippen molar-refractivity contribution < 1.29 is 33.0 Å². The van der Waals surface area contributed by atoms with Crippen LogP contribution in [0, 0.1) is 11.7 Å². The molecule has 0 aromatic heterocycles. The minimum absolute atomic E-state index is 0.155. The van der Waals surface area contributed by atoms with E-state index in [1.54, 1.807) is 17.2 Å². The third-order valence-electron chi connectivity index (χ3n) is 6.25. The molecule has 0 bridgehead atoms. The maximum absolute atomic E-state index is 13.9. The smallest absolute Gasteiger partial charge is 0.266 e. The largest absolute Gasteiger partial charge is 0.493 e. The summed E-state index contributed by atoms with van der Waals surface area (Å²) in [5.41, 5.74) is 1.38. The first-order chi connectivity index (χ1) is 17.0. The van der Waals surface area contributed by atoms with E-state index in [1.807, 2.05) is 30.3 Å². The lowest BCUT2D eigenvalue weighted by Crippen LogP contribution is -2.37. The minimum atomic E-state index is -1.10. The Hall–Kier alpha value is -4.11. The lowest BCUT2D eigenvalue weighted by Gasteiger charge is -2.30. The number of methoxy groups -OCH3 is 3. The van der Waals surface area contributed by atoms with E-state index in [2.05, 4.69) is 0 Å². The Kier molecular flexibility index (Phi) is 5.78. The standard InChI is InChI=1S/C26H23FN2O6/c1-32-19-13-12-18(22(33-2)23(19)34-3)21-20-24(35-29(21)16-9-5-4-6-10-16)26(31)28(25(20)30)17-11-7-8-15(27)14-17/h4-14,20-21,24H,1-3H3/t20-,21+,24-/m1/s1. The average molecular weight is 478 g/mol. The number of benzene rings is 3. The molecule has 2 fully saturated rings.